The number of halogens is 1. The maximum atomic E-state index is 8.95. The Bertz CT molecular complexity index is 420. The lowest BCUT2D eigenvalue weighted by Gasteiger charge is -2.14. The number of benzene rings is 1. The van der Waals surface area contributed by atoms with Gasteiger partial charge in [-0.05, 0) is 24.2 Å². The lowest BCUT2D eigenvalue weighted by atomic mass is 10.1. The van der Waals surface area contributed by atoms with E-state index in [4.69, 9.17) is 31.0 Å². The summed E-state index contributed by atoms with van der Waals surface area (Å²) in [6, 6.07) is 3.27. The van der Waals surface area contributed by atoms with Gasteiger partial charge in [0.25, 0.3) is 5.90 Å². The fourth-order valence-corrected chi connectivity index (χ4v) is 1.63. The Morgan fingerprint density at radius 2 is 2.06 bits per heavy atom. The van der Waals surface area contributed by atoms with Crippen LogP contribution in [-0.2, 0) is 4.74 Å². The smallest absolute Gasteiger partial charge is 0.265 e. The van der Waals surface area contributed by atoms with Gasteiger partial charge >= 0.3 is 0 Å². The standard InChI is InChI=1S/C11H14ClNO4/c1-4-17-11(13-14)9-8(15-2)6-5-7(12)10(9)16-3/h5-6,14H,4H2,1-3H3. The Kier molecular flexibility index (Phi) is 4.90. The molecule has 0 saturated heterocycles. The fraction of sp³-hybridized carbons (Fsp3) is 0.364. The maximum absolute atomic E-state index is 8.95. The van der Waals surface area contributed by atoms with Crippen molar-refractivity contribution < 1.29 is 19.4 Å². The quantitative estimate of drug-likeness (QED) is 0.391. The third kappa shape index (κ3) is 2.74. The van der Waals surface area contributed by atoms with E-state index in [1.807, 2.05) is 0 Å². The van der Waals surface area contributed by atoms with Gasteiger partial charge < -0.3 is 19.4 Å². The van der Waals surface area contributed by atoms with Crippen molar-refractivity contribution in [3.05, 3.63) is 22.7 Å². The van der Waals surface area contributed by atoms with Gasteiger partial charge in [0.1, 0.15) is 11.3 Å². The van der Waals surface area contributed by atoms with Crippen LogP contribution in [0.15, 0.2) is 17.3 Å². The van der Waals surface area contributed by atoms with Crippen LogP contribution in [0, 0.1) is 0 Å². The highest BCUT2D eigenvalue weighted by atomic mass is 35.5. The summed E-state index contributed by atoms with van der Waals surface area (Å²) in [4.78, 5) is 0. The van der Waals surface area contributed by atoms with Crippen LogP contribution in [0.5, 0.6) is 11.5 Å². The molecular formula is C11H14ClNO4. The summed E-state index contributed by atoms with van der Waals surface area (Å²) in [6.45, 7) is 2.12. The molecule has 1 aromatic carbocycles. The minimum Gasteiger partial charge on any atom is -0.496 e. The van der Waals surface area contributed by atoms with Crippen LogP contribution in [0.2, 0.25) is 5.02 Å². The Hall–Kier alpha value is -1.62. The van der Waals surface area contributed by atoms with E-state index in [-0.39, 0.29) is 5.90 Å². The summed E-state index contributed by atoms with van der Waals surface area (Å²) < 4.78 is 15.5. The van der Waals surface area contributed by atoms with Gasteiger partial charge in [-0.15, -0.1) is 0 Å². The molecule has 0 fully saturated rings. The minimum atomic E-state index is 0.00343. The first-order valence-corrected chi connectivity index (χ1v) is 5.33. The van der Waals surface area contributed by atoms with Gasteiger partial charge in [0.2, 0.25) is 0 Å². The monoisotopic (exact) mass is 259 g/mol. The number of methoxy groups -OCH3 is 2. The van der Waals surface area contributed by atoms with Crippen molar-refractivity contribution in [1.29, 1.82) is 0 Å². The summed E-state index contributed by atoms with van der Waals surface area (Å²) in [5, 5.41) is 12.4. The van der Waals surface area contributed by atoms with Gasteiger partial charge in [-0.25, -0.2) is 0 Å². The van der Waals surface area contributed by atoms with E-state index in [9.17, 15) is 0 Å². The predicted molar refractivity (Wildman–Crippen MR) is 64.5 cm³/mol. The SMILES string of the molecule is CCOC(=NO)c1c(OC)ccc(Cl)c1OC. The summed E-state index contributed by atoms with van der Waals surface area (Å²) in [7, 11) is 2.96. The fourth-order valence-electron chi connectivity index (χ4n) is 1.40. The minimum absolute atomic E-state index is 0.00343. The second-order valence-electron chi connectivity index (χ2n) is 3.00. The summed E-state index contributed by atoms with van der Waals surface area (Å²) in [5.74, 6) is 0.795. The highest BCUT2D eigenvalue weighted by Crippen LogP contribution is 2.36. The van der Waals surface area contributed by atoms with Gasteiger partial charge in [0.05, 0.1) is 25.8 Å². The Labute approximate surface area is 105 Å². The molecule has 5 nitrogen and oxygen atoms in total. The molecule has 0 bridgehead atoms. The number of ether oxygens (including phenoxy) is 3. The molecule has 0 atom stereocenters. The molecule has 94 valence electrons. The molecule has 0 aromatic heterocycles. The lowest BCUT2D eigenvalue weighted by molar-refractivity contribution is 0.263. The highest BCUT2D eigenvalue weighted by molar-refractivity contribution is 6.32. The summed E-state index contributed by atoms with van der Waals surface area (Å²) in [5.41, 5.74) is 0.381. The van der Waals surface area contributed by atoms with Crippen molar-refractivity contribution in [3.63, 3.8) is 0 Å². The van der Waals surface area contributed by atoms with Crippen molar-refractivity contribution >= 4 is 17.5 Å². The summed E-state index contributed by atoms with van der Waals surface area (Å²) >= 11 is 5.99. The largest absolute Gasteiger partial charge is 0.496 e. The molecule has 1 rings (SSSR count). The van der Waals surface area contributed by atoms with Gasteiger partial charge in [-0.3, -0.25) is 0 Å². The normalized spacial score (nSPS) is 11.2. The van der Waals surface area contributed by atoms with Crippen molar-refractivity contribution in [2.45, 2.75) is 6.92 Å². The molecule has 0 radical (unpaired) electrons. The molecular weight excluding hydrogens is 246 g/mol. The Balaban J connectivity index is 3.40. The van der Waals surface area contributed by atoms with E-state index < -0.39 is 0 Å². The first kappa shape index (κ1) is 13.4. The third-order valence-corrected chi connectivity index (χ3v) is 2.38. The molecule has 0 heterocycles. The number of oxime groups is 1. The average molecular weight is 260 g/mol. The predicted octanol–water partition coefficient (Wildman–Crippen LogP) is 2.53. The van der Waals surface area contributed by atoms with E-state index in [1.54, 1.807) is 19.1 Å². The number of hydrogen-bond donors (Lipinski definition) is 1. The lowest BCUT2D eigenvalue weighted by Crippen LogP contribution is -2.10. The molecule has 6 heteroatoms. The van der Waals surface area contributed by atoms with E-state index in [2.05, 4.69) is 5.16 Å². The topological polar surface area (TPSA) is 60.3 Å². The number of hydrogen-bond acceptors (Lipinski definition) is 5. The molecule has 1 N–H and O–H groups in total. The molecule has 0 aliphatic heterocycles. The second-order valence-corrected chi connectivity index (χ2v) is 3.40. The molecule has 17 heavy (non-hydrogen) atoms. The Morgan fingerprint density at radius 3 is 2.53 bits per heavy atom. The molecule has 0 spiro atoms. The molecule has 1 aromatic rings. The van der Waals surface area contributed by atoms with Crippen LogP contribution < -0.4 is 9.47 Å². The van der Waals surface area contributed by atoms with E-state index >= 15 is 0 Å². The first-order chi connectivity index (χ1) is 8.19. The van der Waals surface area contributed by atoms with Gasteiger partial charge in [-0.2, -0.15) is 0 Å². The second kappa shape index (κ2) is 6.20. The zero-order valence-electron chi connectivity index (χ0n) is 9.86. The van der Waals surface area contributed by atoms with Crippen LogP contribution in [0.25, 0.3) is 0 Å². The van der Waals surface area contributed by atoms with Crippen molar-refractivity contribution in [2.75, 3.05) is 20.8 Å². The zero-order valence-corrected chi connectivity index (χ0v) is 10.6. The van der Waals surface area contributed by atoms with Gasteiger partial charge in [0.15, 0.2) is 5.75 Å². The molecule has 0 aliphatic rings. The van der Waals surface area contributed by atoms with Crippen LogP contribution in [0.4, 0.5) is 0 Å². The van der Waals surface area contributed by atoms with Crippen LogP contribution >= 0.6 is 11.6 Å². The van der Waals surface area contributed by atoms with Crippen LogP contribution in [0.3, 0.4) is 0 Å². The molecule has 0 unspecified atom stereocenters. The zero-order chi connectivity index (χ0) is 12.8. The number of rotatable bonds is 4. The third-order valence-electron chi connectivity index (χ3n) is 2.08. The van der Waals surface area contributed by atoms with Gasteiger partial charge in [0, 0.05) is 0 Å². The van der Waals surface area contributed by atoms with E-state index in [0.29, 0.717) is 28.7 Å². The Morgan fingerprint density at radius 1 is 1.35 bits per heavy atom. The number of nitrogens with zero attached hydrogens (tertiary/aromatic N) is 1. The summed E-state index contributed by atoms with van der Waals surface area (Å²) in [6.07, 6.45) is 0. The van der Waals surface area contributed by atoms with E-state index in [0.717, 1.165) is 0 Å². The van der Waals surface area contributed by atoms with Crippen molar-refractivity contribution in [1.82, 2.24) is 0 Å². The van der Waals surface area contributed by atoms with Crippen molar-refractivity contribution in [2.24, 2.45) is 5.16 Å². The average Bonchev–Trinajstić information content (AvgIpc) is 2.35. The molecule has 0 amide bonds. The van der Waals surface area contributed by atoms with Gasteiger partial charge in [-0.1, -0.05) is 11.6 Å². The van der Waals surface area contributed by atoms with Crippen LogP contribution in [-0.4, -0.2) is 31.9 Å². The maximum Gasteiger partial charge on any atom is 0.265 e. The first-order valence-electron chi connectivity index (χ1n) is 4.95. The highest BCUT2D eigenvalue weighted by Gasteiger charge is 2.21. The van der Waals surface area contributed by atoms with Crippen molar-refractivity contribution in [3.8, 4) is 11.5 Å². The molecule has 0 saturated carbocycles. The molecule has 0 aliphatic carbocycles. The van der Waals surface area contributed by atoms with E-state index in [1.165, 1.54) is 14.2 Å². The van der Waals surface area contributed by atoms with Crippen LogP contribution in [0.1, 0.15) is 12.5 Å².